The van der Waals surface area contributed by atoms with Crippen LogP contribution in [0, 0.1) is 0 Å². The maximum Gasteiger partial charge on any atom is 0.353 e. The van der Waals surface area contributed by atoms with Crippen molar-refractivity contribution in [2.75, 3.05) is 5.75 Å². The highest BCUT2D eigenvalue weighted by Gasteiger charge is 2.54. The van der Waals surface area contributed by atoms with E-state index < -0.39 is 17.4 Å². The Morgan fingerprint density at radius 3 is 2.50 bits per heavy atom. The van der Waals surface area contributed by atoms with Crippen molar-refractivity contribution in [3.8, 4) is 10.4 Å². The first-order valence-electron chi connectivity index (χ1n) is 10.6. The molecule has 0 unspecified atom stereocenters. The second kappa shape index (κ2) is 9.69. The number of hydrogen-bond acceptors (Lipinski definition) is 6. The van der Waals surface area contributed by atoms with E-state index in [1.54, 1.807) is 11.3 Å². The fourth-order valence-corrected chi connectivity index (χ4v) is 7.15. The Balaban J connectivity index is 1.29. The van der Waals surface area contributed by atoms with E-state index in [4.69, 9.17) is 0 Å². The summed E-state index contributed by atoms with van der Waals surface area (Å²) >= 11 is 4.50. The van der Waals surface area contributed by atoms with Crippen molar-refractivity contribution in [3.05, 3.63) is 88.3 Å². The minimum atomic E-state index is -1.13. The summed E-state index contributed by atoms with van der Waals surface area (Å²) in [5.41, 5.74) is 1.97. The lowest BCUT2D eigenvalue weighted by Crippen LogP contribution is -2.70. The zero-order valence-corrected chi connectivity index (χ0v) is 20.3. The molecule has 0 bridgehead atoms. The molecule has 1 aromatic heterocycles. The van der Waals surface area contributed by atoms with Crippen LogP contribution in [0.5, 0.6) is 0 Å². The molecule has 0 spiro atoms. The predicted molar refractivity (Wildman–Crippen MR) is 135 cm³/mol. The first kappa shape index (κ1) is 22.8. The number of thioether (sulfide) groups is 2. The first-order valence-corrected chi connectivity index (χ1v) is 13.3. The summed E-state index contributed by atoms with van der Waals surface area (Å²) in [6.07, 6.45) is 0.173. The van der Waals surface area contributed by atoms with Gasteiger partial charge >= 0.3 is 5.97 Å². The number of carboxylic acids is 1. The largest absolute Gasteiger partial charge is 0.477 e. The van der Waals surface area contributed by atoms with Gasteiger partial charge in [-0.05, 0) is 34.7 Å². The summed E-state index contributed by atoms with van der Waals surface area (Å²) in [5, 5.41) is 14.3. The maximum absolute atomic E-state index is 12.9. The predicted octanol–water partition coefficient (Wildman–Crippen LogP) is 4.45. The summed E-state index contributed by atoms with van der Waals surface area (Å²) in [6, 6.07) is 20.6. The summed E-state index contributed by atoms with van der Waals surface area (Å²) < 4.78 is 0. The fourth-order valence-electron chi connectivity index (χ4n) is 3.95. The standard InChI is InChI=1S/C25H20N2O4S3/c28-20(13-15-5-2-1-3-6-15)26-21-23(29)27-22(25(30)31)19(14-33-24(21)27)34-17-10-8-16(9-11-17)18-7-4-12-32-18/h1-12,21,24H,13-14H2,(H,26,28)(H,30,31)/t21-,24+/m1/s1. The van der Waals surface area contributed by atoms with Crippen LogP contribution in [-0.4, -0.2) is 45.0 Å². The van der Waals surface area contributed by atoms with Gasteiger partial charge in [0, 0.05) is 20.4 Å². The van der Waals surface area contributed by atoms with Gasteiger partial charge < -0.3 is 10.4 Å². The molecule has 2 atom stereocenters. The van der Waals surface area contributed by atoms with Gasteiger partial charge in [-0.25, -0.2) is 4.79 Å². The highest BCUT2D eigenvalue weighted by molar-refractivity contribution is 8.06. The van der Waals surface area contributed by atoms with E-state index in [0.29, 0.717) is 10.7 Å². The molecule has 2 aliphatic rings. The van der Waals surface area contributed by atoms with E-state index in [2.05, 4.69) is 11.4 Å². The van der Waals surface area contributed by atoms with Crippen LogP contribution in [0.1, 0.15) is 5.56 Å². The van der Waals surface area contributed by atoms with Gasteiger partial charge in [0.1, 0.15) is 17.1 Å². The number of thiophene rings is 1. The van der Waals surface area contributed by atoms with Crippen molar-refractivity contribution in [3.63, 3.8) is 0 Å². The highest BCUT2D eigenvalue weighted by Crippen LogP contribution is 2.45. The maximum atomic E-state index is 12.9. The van der Waals surface area contributed by atoms with Crippen molar-refractivity contribution in [1.82, 2.24) is 10.2 Å². The van der Waals surface area contributed by atoms with Gasteiger partial charge in [0.2, 0.25) is 5.91 Å². The van der Waals surface area contributed by atoms with Crippen molar-refractivity contribution < 1.29 is 19.5 Å². The van der Waals surface area contributed by atoms with Crippen molar-refractivity contribution in [1.29, 1.82) is 0 Å². The lowest BCUT2D eigenvalue weighted by atomic mass is 10.0. The zero-order valence-electron chi connectivity index (χ0n) is 17.8. The Bertz CT molecular complexity index is 1260. The SMILES string of the molecule is O=C(Cc1ccccc1)N[C@@H]1C(=O)N2C(C(=O)O)=C(Sc3ccc(-c4cccs4)cc3)CS[C@@H]12. The minimum Gasteiger partial charge on any atom is -0.477 e. The molecule has 9 heteroatoms. The molecule has 0 radical (unpaired) electrons. The van der Waals surface area contributed by atoms with Gasteiger partial charge in [0.15, 0.2) is 0 Å². The average Bonchev–Trinajstić information content (AvgIpc) is 3.38. The smallest absolute Gasteiger partial charge is 0.353 e. The third kappa shape index (κ3) is 4.51. The Morgan fingerprint density at radius 2 is 1.82 bits per heavy atom. The summed E-state index contributed by atoms with van der Waals surface area (Å²) in [7, 11) is 0. The number of fused-ring (bicyclic) bond motifs is 1. The quantitative estimate of drug-likeness (QED) is 0.459. The summed E-state index contributed by atoms with van der Waals surface area (Å²) in [5.74, 6) is -1.32. The Kier molecular flexibility index (Phi) is 6.49. The van der Waals surface area contributed by atoms with Crippen LogP contribution in [0.3, 0.4) is 0 Å². The Morgan fingerprint density at radius 1 is 1.06 bits per heavy atom. The molecule has 1 fully saturated rings. The molecule has 2 aliphatic heterocycles. The summed E-state index contributed by atoms with van der Waals surface area (Å²) in [4.78, 5) is 41.4. The van der Waals surface area contributed by atoms with E-state index in [9.17, 15) is 19.5 Å². The van der Waals surface area contributed by atoms with E-state index >= 15 is 0 Å². The minimum absolute atomic E-state index is 0.00893. The first-order chi connectivity index (χ1) is 16.5. The molecule has 2 amide bonds. The molecule has 3 heterocycles. The molecular weight excluding hydrogens is 488 g/mol. The Labute approximate surface area is 209 Å². The van der Waals surface area contributed by atoms with Crippen molar-refractivity contribution >= 4 is 52.6 Å². The van der Waals surface area contributed by atoms with Gasteiger partial charge in [0.05, 0.1) is 6.42 Å². The van der Waals surface area contributed by atoms with Gasteiger partial charge in [-0.15, -0.1) is 23.1 Å². The third-order valence-corrected chi connectivity index (χ3v) is 9.03. The van der Waals surface area contributed by atoms with Crippen LogP contribution in [0.2, 0.25) is 0 Å². The lowest BCUT2D eigenvalue weighted by molar-refractivity contribution is -0.150. The number of hydrogen-bond donors (Lipinski definition) is 2. The number of carbonyl (C=O) groups is 3. The molecule has 172 valence electrons. The molecule has 6 nitrogen and oxygen atoms in total. The normalized spacial score (nSPS) is 19.4. The average molecular weight is 509 g/mol. The number of benzene rings is 2. The fraction of sp³-hybridized carbons (Fsp3) is 0.160. The topological polar surface area (TPSA) is 86.7 Å². The van der Waals surface area contributed by atoms with Gasteiger partial charge in [-0.2, -0.15) is 0 Å². The summed E-state index contributed by atoms with van der Waals surface area (Å²) in [6.45, 7) is 0. The molecule has 0 saturated carbocycles. The number of rotatable bonds is 7. The zero-order chi connectivity index (χ0) is 23.7. The van der Waals surface area contributed by atoms with E-state index in [-0.39, 0.29) is 23.9 Å². The van der Waals surface area contributed by atoms with Crippen LogP contribution in [0.15, 0.2) is 87.6 Å². The van der Waals surface area contributed by atoms with Crippen LogP contribution in [0.4, 0.5) is 0 Å². The molecule has 5 rings (SSSR count). The molecular formula is C25H20N2O4S3. The number of aliphatic carboxylic acids is 1. The second-order valence-electron chi connectivity index (χ2n) is 7.80. The number of β-lactam (4-membered cyclic amide) rings is 1. The van der Waals surface area contributed by atoms with Gasteiger partial charge in [-0.1, -0.05) is 60.3 Å². The van der Waals surface area contributed by atoms with Crippen molar-refractivity contribution in [2.45, 2.75) is 22.7 Å². The van der Waals surface area contributed by atoms with E-state index in [1.807, 2.05) is 66.0 Å². The molecule has 0 aliphatic carbocycles. The van der Waals surface area contributed by atoms with E-state index in [0.717, 1.165) is 16.0 Å². The van der Waals surface area contributed by atoms with Crippen LogP contribution in [-0.2, 0) is 20.8 Å². The second-order valence-corrected chi connectivity index (χ2v) is 11.0. The highest BCUT2D eigenvalue weighted by atomic mass is 32.2. The lowest BCUT2D eigenvalue weighted by Gasteiger charge is -2.49. The van der Waals surface area contributed by atoms with Crippen LogP contribution < -0.4 is 5.32 Å². The monoisotopic (exact) mass is 508 g/mol. The van der Waals surface area contributed by atoms with Gasteiger partial charge in [-0.3, -0.25) is 14.5 Å². The van der Waals surface area contributed by atoms with E-state index in [1.165, 1.54) is 33.3 Å². The third-order valence-electron chi connectivity index (χ3n) is 5.56. The molecule has 3 aromatic rings. The molecule has 2 aromatic carbocycles. The van der Waals surface area contributed by atoms with Crippen LogP contribution in [0.25, 0.3) is 10.4 Å². The number of carboxylic acid groups (broad SMARTS) is 1. The Hall–Kier alpha value is -3.01. The van der Waals surface area contributed by atoms with Crippen molar-refractivity contribution in [2.24, 2.45) is 0 Å². The number of nitrogens with one attached hydrogen (secondary N) is 1. The van der Waals surface area contributed by atoms with Gasteiger partial charge in [0.25, 0.3) is 5.91 Å². The van der Waals surface area contributed by atoms with Crippen LogP contribution >= 0.6 is 34.9 Å². The molecule has 2 N–H and O–H groups in total. The molecule has 1 saturated heterocycles. The number of nitrogens with zero attached hydrogens (tertiary/aromatic N) is 1. The molecule has 34 heavy (non-hydrogen) atoms. The number of carbonyl (C=O) groups excluding carboxylic acids is 2. The number of amides is 2.